The monoisotopic (exact) mass is 493 g/mol. The SMILES string of the molecule is N#Cc1cccc(-c2ccc(=O)n(Cc3cccc(-c4ncc(OCCN5CCNCC5)cn4)c3)n2)c1. The summed E-state index contributed by atoms with van der Waals surface area (Å²) in [5.74, 6) is 1.22. The van der Waals surface area contributed by atoms with Crippen LogP contribution in [0.25, 0.3) is 22.6 Å². The van der Waals surface area contributed by atoms with Gasteiger partial charge in [0.05, 0.1) is 36.3 Å². The number of benzene rings is 2. The van der Waals surface area contributed by atoms with E-state index in [1.807, 2.05) is 30.3 Å². The Kier molecular flexibility index (Phi) is 7.60. The van der Waals surface area contributed by atoms with Crippen LogP contribution in [0.15, 0.2) is 77.9 Å². The second-order valence-electron chi connectivity index (χ2n) is 8.79. The van der Waals surface area contributed by atoms with Gasteiger partial charge in [-0.25, -0.2) is 14.6 Å². The summed E-state index contributed by atoms with van der Waals surface area (Å²) < 4.78 is 7.25. The Hall–Kier alpha value is -4.39. The quantitative estimate of drug-likeness (QED) is 0.399. The number of piperazine rings is 1. The normalized spacial score (nSPS) is 13.7. The lowest BCUT2D eigenvalue weighted by Crippen LogP contribution is -2.44. The molecule has 186 valence electrons. The van der Waals surface area contributed by atoms with Crippen molar-refractivity contribution in [1.29, 1.82) is 5.26 Å². The lowest BCUT2D eigenvalue weighted by Gasteiger charge is -2.26. The van der Waals surface area contributed by atoms with Gasteiger partial charge in [-0.3, -0.25) is 9.69 Å². The van der Waals surface area contributed by atoms with Crippen molar-refractivity contribution in [2.75, 3.05) is 39.3 Å². The molecule has 0 spiro atoms. The number of hydrogen-bond acceptors (Lipinski definition) is 8. The van der Waals surface area contributed by atoms with Crippen molar-refractivity contribution >= 4 is 0 Å². The summed E-state index contributed by atoms with van der Waals surface area (Å²) in [6.07, 6.45) is 3.38. The van der Waals surface area contributed by atoms with E-state index in [4.69, 9.17) is 4.74 Å². The third kappa shape index (κ3) is 6.25. The predicted molar refractivity (Wildman–Crippen MR) is 140 cm³/mol. The van der Waals surface area contributed by atoms with Gasteiger partial charge in [0.25, 0.3) is 5.56 Å². The fourth-order valence-corrected chi connectivity index (χ4v) is 4.21. The molecule has 9 heteroatoms. The van der Waals surface area contributed by atoms with Crippen LogP contribution in [0.3, 0.4) is 0 Å². The maximum absolute atomic E-state index is 12.5. The summed E-state index contributed by atoms with van der Waals surface area (Å²) >= 11 is 0. The number of ether oxygens (including phenoxy) is 1. The highest BCUT2D eigenvalue weighted by Gasteiger charge is 2.10. The lowest BCUT2D eigenvalue weighted by molar-refractivity contribution is 0.191. The maximum atomic E-state index is 12.5. The molecular formula is C28H27N7O2. The Labute approximate surface area is 215 Å². The summed E-state index contributed by atoms with van der Waals surface area (Å²) in [7, 11) is 0. The van der Waals surface area contributed by atoms with Crippen molar-refractivity contribution in [3.63, 3.8) is 0 Å². The van der Waals surface area contributed by atoms with Gasteiger partial charge in [0, 0.05) is 49.9 Å². The van der Waals surface area contributed by atoms with Crippen LogP contribution >= 0.6 is 0 Å². The average molecular weight is 494 g/mol. The smallest absolute Gasteiger partial charge is 0.267 e. The molecule has 2 aromatic carbocycles. The van der Waals surface area contributed by atoms with E-state index in [0.717, 1.165) is 49.4 Å². The fourth-order valence-electron chi connectivity index (χ4n) is 4.21. The molecule has 9 nitrogen and oxygen atoms in total. The molecular weight excluding hydrogens is 466 g/mol. The molecule has 1 N–H and O–H groups in total. The molecule has 1 saturated heterocycles. The van der Waals surface area contributed by atoms with E-state index in [1.165, 1.54) is 10.7 Å². The first-order chi connectivity index (χ1) is 18.2. The van der Waals surface area contributed by atoms with E-state index in [-0.39, 0.29) is 5.56 Å². The Balaban J connectivity index is 1.26. The zero-order valence-electron chi connectivity index (χ0n) is 20.4. The predicted octanol–water partition coefficient (Wildman–Crippen LogP) is 2.57. The maximum Gasteiger partial charge on any atom is 0.267 e. The summed E-state index contributed by atoms with van der Waals surface area (Å²) in [4.78, 5) is 23.8. The van der Waals surface area contributed by atoms with Crippen molar-refractivity contribution in [2.45, 2.75) is 6.54 Å². The number of hydrogen-bond donors (Lipinski definition) is 1. The van der Waals surface area contributed by atoms with Gasteiger partial charge in [0.15, 0.2) is 11.6 Å². The fraction of sp³-hybridized carbons (Fsp3) is 0.250. The van der Waals surface area contributed by atoms with Crippen LogP contribution in [-0.2, 0) is 6.54 Å². The third-order valence-electron chi connectivity index (χ3n) is 6.19. The summed E-state index contributed by atoms with van der Waals surface area (Å²) in [6.45, 7) is 5.88. The molecule has 0 saturated carbocycles. The first-order valence-corrected chi connectivity index (χ1v) is 12.2. The lowest BCUT2D eigenvalue weighted by atomic mass is 10.1. The zero-order valence-corrected chi connectivity index (χ0v) is 20.4. The van der Waals surface area contributed by atoms with Crippen LogP contribution in [0, 0.1) is 11.3 Å². The molecule has 2 aromatic heterocycles. The Morgan fingerprint density at radius 2 is 1.76 bits per heavy atom. The van der Waals surface area contributed by atoms with Crippen LogP contribution in [0.4, 0.5) is 0 Å². The molecule has 37 heavy (non-hydrogen) atoms. The number of aromatic nitrogens is 4. The highest BCUT2D eigenvalue weighted by molar-refractivity contribution is 5.60. The molecule has 3 heterocycles. The molecule has 1 fully saturated rings. The van der Waals surface area contributed by atoms with Crippen molar-refractivity contribution in [1.82, 2.24) is 30.0 Å². The van der Waals surface area contributed by atoms with E-state index < -0.39 is 0 Å². The van der Waals surface area contributed by atoms with Gasteiger partial charge >= 0.3 is 0 Å². The van der Waals surface area contributed by atoms with E-state index in [1.54, 1.807) is 36.7 Å². The molecule has 0 unspecified atom stereocenters. The van der Waals surface area contributed by atoms with Gasteiger partial charge in [-0.15, -0.1) is 0 Å². The first-order valence-electron chi connectivity index (χ1n) is 12.2. The topological polar surface area (TPSA) is 109 Å². The molecule has 0 aliphatic carbocycles. The molecule has 0 radical (unpaired) electrons. The zero-order chi connectivity index (χ0) is 25.5. The van der Waals surface area contributed by atoms with Gasteiger partial charge < -0.3 is 10.1 Å². The molecule has 1 aliphatic rings. The molecule has 4 aromatic rings. The number of nitrogens with one attached hydrogen (secondary N) is 1. The molecule has 5 rings (SSSR count). The van der Waals surface area contributed by atoms with E-state index in [0.29, 0.717) is 36.0 Å². The highest BCUT2D eigenvalue weighted by atomic mass is 16.5. The van der Waals surface area contributed by atoms with Gasteiger partial charge in [0.2, 0.25) is 0 Å². The minimum absolute atomic E-state index is 0.204. The molecule has 0 bridgehead atoms. The van der Waals surface area contributed by atoms with Crippen LogP contribution in [-0.4, -0.2) is 64.0 Å². The number of rotatable bonds is 8. The molecule has 0 atom stereocenters. The van der Waals surface area contributed by atoms with Crippen molar-refractivity contribution in [3.05, 3.63) is 94.5 Å². The van der Waals surface area contributed by atoms with Crippen LogP contribution in [0.1, 0.15) is 11.1 Å². The van der Waals surface area contributed by atoms with Crippen LogP contribution < -0.4 is 15.6 Å². The largest absolute Gasteiger partial charge is 0.489 e. The Morgan fingerprint density at radius 3 is 2.57 bits per heavy atom. The summed E-state index contributed by atoms with van der Waals surface area (Å²) in [5.41, 5.74) is 3.49. The van der Waals surface area contributed by atoms with Crippen LogP contribution in [0.5, 0.6) is 5.75 Å². The van der Waals surface area contributed by atoms with E-state index in [2.05, 4.69) is 31.4 Å². The first kappa shape index (κ1) is 24.3. The Morgan fingerprint density at radius 1 is 0.973 bits per heavy atom. The standard InChI is InChI=1S/C28H27N7O2/c29-17-21-3-1-5-23(15-21)26-7-8-27(36)35(33-26)20-22-4-2-6-24(16-22)28-31-18-25(19-32-28)37-14-13-34-11-9-30-10-12-34/h1-8,15-16,18-19,30H,9-14,20H2. The number of nitriles is 1. The second kappa shape index (κ2) is 11.6. The number of nitrogens with zero attached hydrogens (tertiary/aromatic N) is 6. The van der Waals surface area contributed by atoms with Crippen molar-refractivity contribution in [3.8, 4) is 34.5 Å². The highest BCUT2D eigenvalue weighted by Crippen LogP contribution is 2.20. The van der Waals surface area contributed by atoms with Crippen molar-refractivity contribution in [2.24, 2.45) is 0 Å². The summed E-state index contributed by atoms with van der Waals surface area (Å²) in [5, 5.41) is 17.1. The molecule has 0 amide bonds. The van der Waals surface area contributed by atoms with Gasteiger partial charge in [-0.1, -0.05) is 30.3 Å². The average Bonchev–Trinajstić information content (AvgIpc) is 2.95. The minimum Gasteiger partial charge on any atom is -0.489 e. The van der Waals surface area contributed by atoms with Crippen LogP contribution in [0.2, 0.25) is 0 Å². The van der Waals surface area contributed by atoms with Gasteiger partial charge in [0.1, 0.15) is 6.61 Å². The summed E-state index contributed by atoms with van der Waals surface area (Å²) in [6, 6.07) is 20.2. The van der Waals surface area contributed by atoms with Gasteiger partial charge in [-0.05, 0) is 29.8 Å². The third-order valence-corrected chi connectivity index (χ3v) is 6.19. The Bertz CT molecular complexity index is 1450. The minimum atomic E-state index is -0.204. The molecule has 1 aliphatic heterocycles. The van der Waals surface area contributed by atoms with E-state index >= 15 is 0 Å². The van der Waals surface area contributed by atoms with Gasteiger partial charge in [-0.2, -0.15) is 10.4 Å². The van der Waals surface area contributed by atoms with Crippen molar-refractivity contribution < 1.29 is 4.74 Å². The van der Waals surface area contributed by atoms with E-state index in [9.17, 15) is 10.1 Å². The second-order valence-corrected chi connectivity index (χ2v) is 8.79.